The number of carbonyl (C=O) groups is 1. The van der Waals surface area contributed by atoms with Gasteiger partial charge in [0.05, 0.1) is 30.2 Å². The number of nitrogens with one attached hydrogen (secondary N) is 1. The van der Waals surface area contributed by atoms with Crippen molar-refractivity contribution in [3.8, 4) is 0 Å². The van der Waals surface area contributed by atoms with Gasteiger partial charge in [0.1, 0.15) is 5.82 Å². The fourth-order valence-electron chi connectivity index (χ4n) is 3.53. The number of rotatable bonds is 2. The van der Waals surface area contributed by atoms with Crippen LogP contribution in [0.3, 0.4) is 0 Å². The van der Waals surface area contributed by atoms with Gasteiger partial charge in [0.2, 0.25) is 11.9 Å². The molecule has 2 aliphatic heterocycles. The summed E-state index contributed by atoms with van der Waals surface area (Å²) >= 11 is 0. The molecule has 0 aromatic carbocycles. The summed E-state index contributed by atoms with van der Waals surface area (Å²) in [4.78, 5) is 16.3. The lowest BCUT2D eigenvalue weighted by Crippen LogP contribution is -2.44. The third kappa shape index (κ3) is 2.41. The number of alkyl halides is 3. The quantitative estimate of drug-likeness (QED) is 0.848. The van der Waals surface area contributed by atoms with Gasteiger partial charge >= 0.3 is 6.18 Å². The van der Waals surface area contributed by atoms with E-state index in [2.05, 4.69) is 15.4 Å². The van der Waals surface area contributed by atoms with E-state index in [0.29, 0.717) is 12.8 Å². The molecule has 6 nitrogen and oxygen atoms in total. The lowest BCUT2D eigenvalue weighted by Gasteiger charge is -2.28. The standard InChI is InChI=1S/C14H12F4N4O2/c15-6-1-4-9-19-13(21-22(9)5-6)20-12(23)10-7-2-3-8(24-7)11(10)14(16,17)18/h1,4-5,7-8,10-11H,2-3H2,(H,20,21,23). The number of amides is 1. The van der Waals surface area contributed by atoms with Crippen molar-refractivity contribution in [2.24, 2.45) is 11.8 Å². The predicted octanol–water partition coefficient (Wildman–Crippen LogP) is 2.16. The molecule has 4 unspecified atom stereocenters. The van der Waals surface area contributed by atoms with E-state index in [4.69, 9.17) is 4.74 Å². The summed E-state index contributed by atoms with van der Waals surface area (Å²) < 4.78 is 59.2. The Morgan fingerprint density at radius 1 is 1.29 bits per heavy atom. The molecule has 0 saturated carbocycles. The van der Waals surface area contributed by atoms with E-state index in [-0.39, 0.29) is 11.6 Å². The fraction of sp³-hybridized carbons (Fsp3) is 0.500. The summed E-state index contributed by atoms with van der Waals surface area (Å²) in [5.41, 5.74) is 0.267. The molecule has 0 radical (unpaired) electrons. The van der Waals surface area contributed by atoms with Crippen LogP contribution in [0.2, 0.25) is 0 Å². The zero-order chi connectivity index (χ0) is 17.1. The van der Waals surface area contributed by atoms with Crippen LogP contribution in [0.25, 0.3) is 5.65 Å². The molecule has 2 aromatic heterocycles. The van der Waals surface area contributed by atoms with Crippen molar-refractivity contribution in [3.05, 3.63) is 24.1 Å². The van der Waals surface area contributed by atoms with Crippen molar-refractivity contribution in [3.63, 3.8) is 0 Å². The van der Waals surface area contributed by atoms with E-state index in [1.54, 1.807) is 0 Å². The van der Waals surface area contributed by atoms with Crippen LogP contribution in [0.1, 0.15) is 12.8 Å². The molecule has 2 saturated heterocycles. The Morgan fingerprint density at radius 3 is 2.79 bits per heavy atom. The Hall–Kier alpha value is -2.23. The third-order valence-corrected chi connectivity index (χ3v) is 4.48. The zero-order valence-corrected chi connectivity index (χ0v) is 12.1. The van der Waals surface area contributed by atoms with Crippen LogP contribution in [0, 0.1) is 17.7 Å². The Labute approximate surface area is 132 Å². The van der Waals surface area contributed by atoms with Gasteiger partial charge in [0, 0.05) is 0 Å². The SMILES string of the molecule is O=C(Nc1nc2ccc(F)cn2n1)C1C2CCC(O2)C1C(F)(F)F. The zero-order valence-electron chi connectivity index (χ0n) is 12.1. The van der Waals surface area contributed by atoms with Gasteiger partial charge in [0.25, 0.3) is 0 Å². The number of nitrogens with zero attached hydrogens (tertiary/aromatic N) is 3. The first-order valence-corrected chi connectivity index (χ1v) is 7.38. The molecular weight excluding hydrogens is 332 g/mol. The fourth-order valence-corrected chi connectivity index (χ4v) is 3.53. The molecular formula is C14H12F4N4O2. The first kappa shape index (κ1) is 15.3. The number of halogens is 4. The molecule has 128 valence electrons. The first-order chi connectivity index (χ1) is 11.3. The third-order valence-electron chi connectivity index (χ3n) is 4.48. The highest BCUT2D eigenvalue weighted by molar-refractivity contribution is 5.92. The van der Waals surface area contributed by atoms with Gasteiger partial charge in [-0.15, -0.1) is 5.10 Å². The second-order valence-corrected chi connectivity index (χ2v) is 5.96. The van der Waals surface area contributed by atoms with E-state index in [1.807, 2.05) is 0 Å². The molecule has 1 amide bonds. The first-order valence-electron chi connectivity index (χ1n) is 7.38. The van der Waals surface area contributed by atoms with Gasteiger partial charge in [-0.05, 0) is 25.0 Å². The van der Waals surface area contributed by atoms with Gasteiger partial charge in [-0.1, -0.05) is 0 Å². The topological polar surface area (TPSA) is 68.5 Å². The number of hydrogen-bond acceptors (Lipinski definition) is 4. The smallest absolute Gasteiger partial charge is 0.373 e. The summed E-state index contributed by atoms with van der Waals surface area (Å²) in [6.07, 6.45) is -4.48. The van der Waals surface area contributed by atoms with Gasteiger partial charge in [-0.25, -0.2) is 8.91 Å². The highest BCUT2D eigenvalue weighted by Gasteiger charge is 2.62. The average molecular weight is 344 g/mol. The van der Waals surface area contributed by atoms with Crippen LogP contribution < -0.4 is 5.32 Å². The van der Waals surface area contributed by atoms with Gasteiger partial charge < -0.3 is 4.74 Å². The van der Waals surface area contributed by atoms with E-state index < -0.39 is 41.9 Å². The van der Waals surface area contributed by atoms with Crippen LogP contribution in [-0.4, -0.2) is 38.9 Å². The minimum absolute atomic E-state index is 0.172. The highest BCUT2D eigenvalue weighted by atomic mass is 19.4. The number of fused-ring (bicyclic) bond motifs is 3. The maximum Gasteiger partial charge on any atom is 0.395 e. The average Bonchev–Trinajstić information content (AvgIpc) is 3.18. The Kier molecular flexibility index (Phi) is 3.27. The summed E-state index contributed by atoms with van der Waals surface area (Å²) in [5.74, 6) is -4.71. The second-order valence-electron chi connectivity index (χ2n) is 5.96. The largest absolute Gasteiger partial charge is 0.395 e. The maximum absolute atomic E-state index is 13.2. The number of ether oxygens (including phenoxy) is 1. The summed E-state index contributed by atoms with van der Waals surface area (Å²) in [5, 5.41) is 6.14. The van der Waals surface area contributed by atoms with E-state index in [0.717, 1.165) is 10.7 Å². The summed E-state index contributed by atoms with van der Waals surface area (Å²) in [6.45, 7) is 0. The molecule has 4 rings (SSSR count). The summed E-state index contributed by atoms with van der Waals surface area (Å²) in [7, 11) is 0. The summed E-state index contributed by atoms with van der Waals surface area (Å²) in [6, 6.07) is 2.51. The van der Waals surface area contributed by atoms with Gasteiger partial charge in [0.15, 0.2) is 5.65 Å². The monoisotopic (exact) mass is 344 g/mol. The molecule has 1 N–H and O–H groups in total. The minimum Gasteiger partial charge on any atom is -0.373 e. The van der Waals surface area contributed by atoms with Gasteiger partial charge in [-0.3, -0.25) is 10.1 Å². The van der Waals surface area contributed by atoms with E-state index in [1.165, 1.54) is 12.1 Å². The molecule has 2 fully saturated rings. The Bertz CT molecular complexity index is 806. The van der Waals surface area contributed by atoms with Crippen molar-refractivity contribution >= 4 is 17.5 Å². The molecule has 2 aromatic rings. The highest BCUT2D eigenvalue weighted by Crippen LogP contribution is 2.50. The molecule has 4 atom stereocenters. The number of pyridine rings is 1. The van der Waals surface area contributed by atoms with Crippen molar-refractivity contribution in [2.45, 2.75) is 31.2 Å². The Balaban J connectivity index is 1.58. The second kappa shape index (κ2) is 5.13. The number of aromatic nitrogens is 3. The molecule has 0 spiro atoms. The normalized spacial score (nSPS) is 29.3. The van der Waals surface area contributed by atoms with E-state index >= 15 is 0 Å². The van der Waals surface area contributed by atoms with Crippen LogP contribution in [0.4, 0.5) is 23.5 Å². The Morgan fingerprint density at radius 2 is 2.04 bits per heavy atom. The predicted molar refractivity (Wildman–Crippen MR) is 72.5 cm³/mol. The van der Waals surface area contributed by atoms with Crippen LogP contribution in [-0.2, 0) is 9.53 Å². The minimum atomic E-state index is -4.52. The molecule has 10 heteroatoms. The molecule has 2 bridgehead atoms. The lowest BCUT2D eigenvalue weighted by molar-refractivity contribution is -0.196. The molecule has 24 heavy (non-hydrogen) atoms. The molecule has 0 aliphatic carbocycles. The lowest BCUT2D eigenvalue weighted by atomic mass is 9.78. The van der Waals surface area contributed by atoms with Crippen LogP contribution in [0.15, 0.2) is 18.3 Å². The maximum atomic E-state index is 13.2. The number of hydrogen-bond donors (Lipinski definition) is 1. The van der Waals surface area contributed by atoms with Crippen LogP contribution >= 0.6 is 0 Å². The van der Waals surface area contributed by atoms with Crippen molar-refractivity contribution in [2.75, 3.05) is 5.32 Å². The van der Waals surface area contributed by atoms with E-state index in [9.17, 15) is 22.4 Å². The van der Waals surface area contributed by atoms with Gasteiger partial charge in [-0.2, -0.15) is 18.2 Å². The van der Waals surface area contributed by atoms with Crippen molar-refractivity contribution in [1.82, 2.24) is 14.6 Å². The number of anilines is 1. The van der Waals surface area contributed by atoms with Crippen molar-refractivity contribution in [1.29, 1.82) is 0 Å². The molecule has 4 heterocycles. The molecule has 2 aliphatic rings. The van der Waals surface area contributed by atoms with Crippen LogP contribution in [0.5, 0.6) is 0 Å². The number of carbonyl (C=O) groups excluding carboxylic acids is 1. The van der Waals surface area contributed by atoms with Crippen molar-refractivity contribution < 1.29 is 27.1 Å².